The standard InChI is InChI=1S/C20H23F2N3O3S/c1-15(20(26)23-19-8-7-17(21)13-18(19)22)24-9-11-25(12-10-24)29(27,28)14-16-5-3-2-4-6-16/h2-8,13,15H,9-12,14H2,1H3,(H,23,26). The Morgan fingerprint density at radius 1 is 1.07 bits per heavy atom. The van der Waals surface area contributed by atoms with Gasteiger partial charge in [0.2, 0.25) is 15.9 Å². The van der Waals surface area contributed by atoms with E-state index in [1.807, 2.05) is 11.0 Å². The molecule has 1 aliphatic heterocycles. The molecule has 1 N–H and O–H groups in total. The first-order valence-corrected chi connectivity index (χ1v) is 10.9. The Kier molecular flexibility index (Phi) is 6.61. The number of nitrogens with zero attached hydrogens (tertiary/aromatic N) is 2. The summed E-state index contributed by atoms with van der Waals surface area (Å²) in [5.41, 5.74) is 0.635. The summed E-state index contributed by atoms with van der Waals surface area (Å²) in [4.78, 5) is 14.3. The Labute approximate surface area is 169 Å². The molecule has 0 radical (unpaired) electrons. The molecule has 156 valence electrons. The van der Waals surface area contributed by atoms with Crippen LogP contribution in [0, 0.1) is 11.6 Å². The van der Waals surface area contributed by atoms with Gasteiger partial charge in [0.25, 0.3) is 0 Å². The Hall–Kier alpha value is -2.36. The molecule has 3 rings (SSSR count). The van der Waals surface area contributed by atoms with Gasteiger partial charge in [-0.05, 0) is 24.6 Å². The van der Waals surface area contributed by atoms with Crippen molar-refractivity contribution in [2.75, 3.05) is 31.5 Å². The van der Waals surface area contributed by atoms with Crippen molar-refractivity contribution in [2.45, 2.75) is 18.7 Å². The van der Waals surface area contributed by atoms with Crippen molar-refractivity contribution in [3.63, 3.8) is 0 Å². The van der Waals surface area contributed by atoms with Crippen LogP contribution in [-0.2, 0) is 20.6 Å². The number of halogens is 2. The molecule has 2 aromatic carbocycles. The number of nitrogens with one attached hydrogen (secondary N) is 1. The largest absolute Gasteiger partial charge is 0.322 e. The number of amides is 1. The van der Waals surface area contributed by atoms with Gasteiger partial charge in [-0.3, -0.25) is 9.69 Å². The summed E-state index contributed by atoms with van der Waals surface area (Å²) in [6, 6.07) is 11.3. The molecule has 0 aromatic heterocycles. The van der Waals surface area contributed by atoms with E-state index in [0.29, 0.717) is 19.2 Å². The van der Waals surface area contributed by atoms with Gasteiger partial charge in [-0.2, -0.15) is 4.31 Å². The molecule has 0 bridgehead atoms. The minimum Gasteiger partial charge on any atom is -0.322 e. The summed E-state index contributed by atoms with van der Waals surface area (Å²) in [6.45, 7) is 2.99. The van der Waals surface area contributed by atoms with Crippen molar-refractivity contribution in [3.05, 3.63) is 65.7 Å². The molecular formula is C20H23F2N3O3S. The first-order valence-electron chi connectivity index (χ1n) is 9.28. The lowest BCUT2D eigenvalue weighted by atomic mass is 10.2. The first-order chi connectivity index (χ1) is 13.8. The summed E-state index contributed by atoms with van der Waals surface area (Å²) < 4.78 is 53.4. The van der Waals surface area contributed by atoms with Crippen LogP contribution in [-0.4, -0.2) is 55.8 Å². The normalized spacial score (nSPS) is 17.1. The van der Waals surface area contributed by atoms with E-state index in [-0.39, 0.29) is 24.5 Å². The van der Waals surface area contributed by atoms with Crippen LogP contribution in [0.3, 0.4) is 0 Å². The molecular weight excluding hydrogens is 400 g/mol. The molecule has 0 spiro atoms. The van der Waals surface area contributed by atoms with E-state index in [1.165, 1.54) is 10.4 Å². The number of hydrogen-bond donors (Lipinski definition) is 1. The molecule has 1 saturated heterocycles. The highest BCUT2D eigenvalue weighted by atomic mass is 32.2. The van der Waals surface area contributed by atoms with Crippen LogP contribution in [0.5, 0.6) is 0 Å². The molecule has 0 saturated carbocycles. The van der Waals surface area contributed by atoms with Gasteiger partial charge in [0.1, 0.15) is 11.6 Å². The Balaban J connectivity index is 1.56. The van der Waals surface area contributed by atoms with Crippen LogP contribution < -0.4 is 5.32 Å². The molecule has 1 unspecified atom stereocenters. The number of carbonyl (C=O) groups excluding carboxylic acids is 1. The molecule has 1 fully saturated rings. The maximum Gasteiger partial charge on any atom is 0.241 e. The van der Waals surface area contributed by atoms with Gasteiger partial charge in [-0.25, -0.2) is 17.2 Å². The van der Waals surface area contributed by atoms with Gasteiger partial charge in [0, 0.05) is 32.2 Å². The molecule has 2 aromatic rings. The molecule has 0 aliphatic carbocycles. The topological polar surface area (TPSA) is 69.7 Å². The maximum atomic E-state index is 13.7. The smallest absolute Gasteiger partial charge is 0.241 e. The summed E-state index contributed by atoms with van der Waals surface area (Å²) in [5, 5.41) is 2.45. The zero-order valence-corrected chi connectivity index (χ0v) is 16.8. The van der Waals surface area contributed by atoms with E-state index in [9.17, 15) is 22.0 Å². The first kappa shape index (κ1) is 21.4. The van der Waals surface area contributed by atoms with E-state index in [1.54, 1.807) is 31.2 Å². The predicted octanol–water partition coefficient (Wildman–Crippen LogP) is 2.44. The SMILES string of the molecule is CC(C(=O)Nc1ccc(F)cc1F)N1CCN(S(=O)(=O)Cc2ccccc2)CC1. The van der Waals surface area contributed by atoms with Crippen molar-refractivity contribution in [1.29, 1.82) is 0 Å². The van der Waals surface area contributed by atoms with Crippen molar-refractivity contribution >= 4 is 21.6 Å². The van der Waals surface area contributed by atoms with E-state index in [4.69, 9.17) is 0 Å². The van der Waals surface area contributed by atoms with E-state index in [0.717, 1.165) is 11.6 Å². The average molecular weight is 423 g/mol. The molecule has 1 heterocycles. The third-order valence-electron chi connectivity index (χ3n) is 4.97. The molecule has 1 aliphatic rings. The number of sulfonamides is 1. The summed E-state index contributed by atoms with van der Waals surface area (Å²) in [5.74, 6) is -2.06. The van der Waals surface area contributed by atoms with Crippen LogP contribution >= 0.6 is 0 Å². The van der Waals surface area contributed by atoms with Crippen LogP contribution in [0.15, 0.2) is 48.5 Å². The zero-order valence-electron chi connectivity index (χ0n) is 16.0. The number of anilines is 1. The summed E-state index contributed by atoms with van der Waals surface area (Å²) >= 11 is 0. The van der Waals surface area contributed by atoms with Gasteiger partial charge in [-0.1, -0.05) is 30.3 Å². The third-order valence-corrected chi connectivity index (χ3v) is 6.82. The molecule has 29 heavy (non-hydrogen) atoms. The number of benzene rings is 2. The lowest BCUT2D eigenvalue weighted by Gasteiger charge is -2.36. The second-order valence-corrected chi connectivity index (χ2v) is 8.94. The lowest BCUT2D eigenvalue weighted by Crippen LogP contribution is -2.54. The summed E-state index contributed by atoms with van der Waals surface area (Å²) in [6.07, 6.45) is 0. The monoisotopic (exact) mass is 423 g/mol. The second kappa shape index (κ2) is 8.98. The van der Waals surface area contributed by atoms with Crippen molar-refractivity contribution in [1.82, 2.24) is 9.21 Å². The Bertz CT molecular complexity index is 962. The molecule has 9 heteroatoms. The fourth-order valence-corrected chi connectivity index (χ4v) is 4.75. The van der Waals surface area contributed by atoms with E-state index < -0.39 is 33.6 Å². The van der Waals surface area contributed by atoms with Crippen LogP contribution in [0.25, 0.3) is 0 Å². The quantitative estimate of drug-likeness (QED) is 0.775. The van der Waals surface area contributed by atoms with Crippen LogP contribution in [0.2, 0.25) is 0 Å². The maximum absolute atomic E-state index is 13.7. The van der Waals surface area contributed by atoms with Crippen molar-refractivity contribution in [3.8, 4) is 0 Å². The highest BCUT2D eigenvalue weighted by Crippen LogP contribution is 2.18. The lowest BCUT2D eigenvalue weighted by molar-refractivity contribution is -0.121. The minimum absolute atomic E-state index is 0.0618. The molecule has 1 atom stereocenters. The highest BCUT2D eigenvalue weighted by molar-refractivity contribution is 7.88. The number of hydrogen-bond acceptors (Lipinski definition) is 4. The van der Waals surface area contributed by atoms with Gasteiger partial charge in [-0.15, -0.1) is 0 Å². The van der Waals surface area contributed by atoms with Crippen molar-refractivity contribution < 1.29 is 22.0 Å². The number of rotatable bonds is 6. The van der Waals surface area contributed by atoms with Gasteiger partial charge in [0.15, 0.2) is 0 Å². The summed E-state index contributed by atoms with van der Waals surface area (Å²) in [7, 11) is -3.44. The fourth-order valence-electron chi connectivity index (χ4n) is 3.24. The fraction of sp³-hybridized carbons (Fsp3) is 0.350. The third kappa shape index (κ3) is 5.37. The van der Waals surface area contributed by atoms with Crippen LogP contribution in [0.1, 0.15) is 12.5 Å². The van der Waals surface area contributed by atoms with Gasteiger partial charge >= 0.3 is 0 Å². The minimum atomic E-state index is -3.44. The second-order valence-electron chi connectivity index (χ2n) is 6.97. The van der Waals surface area contributed by atoms with Gasteiger partial charge in [0.05, 0.1) is 17.5 Å². The number of piperazine rings is 1. The Morgan fingerprint density at radius 3 is 2.34 bits per heavy atom. The van der Waals surface area contributed by atoms with Crippen LogP contribution in [0.4, 0.5) is 14.5 Å². The zero-order chi connectivity index (χ0) is 21.0. The molecule has 6 nitrogen and oxygen atoms in total. The predicted molar refractivity (Wildman–Crippen MR) is 107 cm³/mol. The van der Waals surface area contributed by atoms with E-state index in [2.05, 4.69) is 5.32 Å². The van der Waals surface area contributed by atoms with E-state index >= 15 is 0 Å². The Morgan fingerprint density at radius 2 is 1.72 bits per heavy atom. The number of carbonyl (C=O) groups is 1. The average Bonchev–Trinajstić information content (AvgIpc) is 2.70. The van der Waals surface area contributed by atoms with Gasteiger partial charge < -0.3 is 5.32 Å². The molecule has 1 amide bonds. The highest BCUT2D eigenvalue weighted by Gasteiger charge is 2.31. The van der Waals surface area contributed by atoms with Crippen molar-refractivity contribution in [2.24, 2.45) is 0 Å².